The van der Waals surface area contributed by atoms with Crippen LogP contribution in [-0.2, 0) is 13.6 Å². The maximum Gasteiger partial charge on any atom is 0.180 e. The number of aromatic nitrogens is 3. The lowest BCUT2D eigenvalue weighted by Gasteiger charge is -2.35. The van der Waals surface area contributed by atoms with Crippen molar-refractivity contribution in [2.45, 2.75) is 12.6 Å². The van der Waals surface area contributed by atoms with Crippen LogP contribution in [0.15, 0.2) is 29.5 Å². The first-order chi connectivity index (χ1) is 8.84. The van der Waals surface area contributed by atoms with Crippen molar-refractivity contribution < 1.29 is 4.42 Å². The summed E-state index contributed by atoms with van der Waals surface area (Å²) in [6.45, 7) is 3.71. The molecule has 3 rings (SSSR count). The largest absolute Gasteiger partial charge is 0.451 e. The highest BCUT2D eigenvalue weighted by atomic mass is 16.3. The molecule has 0 aromatic carbocycles. The summed E-state index contributed by atoms with van der Waals surface area (Å²) < 4.78 is 7.11. The smallest absolute Gasteiger partial charge is 0.180 e. The molecule has 0 saturated carbocycles. The topological polar surface area (TPSA) is 59.1 Å². The minimum Gasteiger partial charge on any atom is -0.451 e. The van der Waals surface area contributed by atoms with E-state index >= 15 is 0 Å². The van der Waals surface area contributed by atoms with E-state index in [1.165, 1.54) is 6.39 Å². The Bertz CT molecular complexity index is 492. The van der Waals surface area contributed by atoms with Gasteiger partial charge in [-0.05, 0) is 0 Å². The van der Waals surface area contributed by atoms with Crippen LogP contribution in [0.25, 0.3) is 0 Å². The Labute approximate surface area is 106 Å². The predicted octanol–water partition coefficient (Wildman–Crippen LogP) is 0.555. The van der Waals surface area contributed by atoms with E-state index in [1.807, 2.05) is 19.4 Å². The summed E-state index contributed by atoms with van der Waals surface area (Å²) in [5, 5.41) is 3.42. The average molecular weight is 247 g/mol. The van der Waals surface area contributed by atoms with Gasteiger partial charge in [0.1, 0.15) is 12.1 Å². The van der Waals surface area contributed by atoms with E-state index in [0.29, 0.717) is 0 Å². The van der Waals surface area contributed by atoms with Crippen LogP contribution in [0, 0.1) is 0 Å². The van der Waals surface area contributed by atoms with Gasteiger partial charge in [-0.1, -0.05) is 0 Å². The van der Waals surface area contributed by atoms with Crippen LogP contribution in [-0.4, -0.2) is 39.1 Å². The Morgan fingerprint density at radius 1 is 1.50 bits per heavy atom. The third-order valence-electron chi connectivity index (χ3n) is 3.36. The molecule has 1 aliphatic heterocycles. The Hall–Kier alpha value is -1.66. The fraction of sp³-hybridized carbons (Fsp3) is 0.500. The van der Waals surface area contributed by atoms with Gasteiger partial charge in [-0.2, -0.15) is 0 Å². The molecule has 18 heavy (non-hydrogen) atoms. The Morgan fingerprint density at radius 3 is 3.17 bits per heavy atom. The zero-order chi connectivity index (χ0) is 12.4. The van der Waals surface area contributed by atoms with Crippen LogP contribution in [0.2, 0.25) is 0 Å². The number of hydrogen-bond donors (Lipinski definition) is 1. The minimum absolute atomic E-state index is 0.287. The van der Waals surface area contributed by atoms with Crippen LogP contribution >= 0.6 is 0 Å². The molecule has 1 fully saturated rings. The number of nitrogens with zero attached hydrogens (tertiary/aromatic N) is 4. The molecule has 0 amide bonds. The fourth-order valence-electron chi connectivity index (χ4n) is 2.41. The molecule has 0 aliphatic carbocycles. The van der Waals surface area contributed by atoms with Gasteiger partial charge in [-0.15, -0.1) is 0 Å². The summed E-state index contributed by atoms with van der Waals surface area (Å²) in [6, 6.07) is 0.287. The standard InChI is InChI=1S/C12H17N5O/c1-16-4-3-14-12(16)11-6-13-2-5-17(11)7-10-8-18-9-15-10/h3-4,8-9,11,13H,2,5-7H2,1H3. The quantitative estimate of drug-likeness (QED) is 0.858. The van der Waals surface area contributed by atoms with E-state index < -0.39 is 0 Å². The first-order valence-electron chi connectivity index (χ1n) is 6.13. The molecule has 1 saturated heterocycles. The highest BCUT2D eigenvalue weighted by molar-refractivity contribution is 5.03. The summed E-state index contributed by atoms with van der Waals surface area (Å²) in [5.41, 5.74) is 0.969. The molecule has 1 aliphatic rings. The molecule has 0 spiro atoms. The predicted molar refractivity (Wildman–Crippen MR) is 65.7 cm³/mol. The van der Waals surface area contributed by atoms with Gasteiger partial charge >= 0.3 is 0 Å². The number of oxazole rings is 1. The Morgan fingerprint density at radius 2 is 2.44 bits per heavy atom. The second kappa shape index (κ2) is 4.91. The molecule has 3 heterocycles. The Balaban J connectivity index is 1.80. The number of nitrogens with one attached hydrogen (secondary N) is 1. The maximum atomic E-state index is 5.03. The SMILES string of the molecule is Cn1ccnc1C1CNCCN1Cc1cocn1. The van der Waals surface area contributed by atoms with E-state index in [1.54, 1.807) is 6.26 Å². The first kappa shape index (κ1) is 11.4. The van der Waals surface area contributed by atoms with Crippen LogP contribution in [0.1, 0.15) is 17.6 Å². The van der Waals surface area contributed by atoms with E-state index in [-0.39, 0.29) is 6.04 Å². The van der Waals surface area contributed by atoms with E-state index in [9.17, 15) is 0 Å². The second-order valence-corrected chi connectivity index (χ2v) is 4.57. The molecular formula is C12H17N5O. The summed E-state index contributed by atoms with van der Waals surface area (Å²) in [6.07, 6.45) is 7.02. The van der Waals surface area contributed by atoms with Gasteiger partial charge in [0.05, 0.1) is 11.7 Å². The lowest BCUT2D eigenvalue weighted by Crippen LogP contribution is -2.46. The molecule has 1 unspecified atom stereocenters. The fourth-order valence-corrected chi connectivity index (χ4v) is 2.41. The number of rotatable bonds is 3. The van der Waals surface area contributed by atoms with Crippen molar-refractivity contribution in [3.63, 3.8) is 0 Å². The second-order valence-electron chi connectivity index (χ2n) is 4.57. The van der Waals surface area contributed by atoms with Gasteiger partial charge in [-0.3, -0.25) is 4.90 Å². The zero-order valence-corrected chi connectivity index (χ0v) is 10.4. The van der Waals surface area contributed by atoms with Crippen LogP contribution in [0.4, 0.5) is 0 Å². The number of hydrogen-bond acceptors (Lipinski definition) is 5. The lowest BCUT2D eigenvalue weighted by molar-refractivity contribution is 0.143. The van der Waals surface area contributed by atoms with E-state index in [2.05, 4.69) is 24.8 Å². The van der Waals surface area contributed by atoms with Crippen molar-refractivity contribution in [1.82, 2.24) is 24.8 Å². The summed E-state index contributed by atoms with van der Waals surface area (Å²) in [5.74, 6) is 1.09. The summed E-state index contributed by atoms with van der Waals surface area (Å²) in [7, 11) is 2.03. The summed E-state index contributed by atoms with van der Waals surface area (Å²) >= 11 is 0. The van der Waals surface area contributed by atoms with Crippen molar-refractivity contribution in [3.05, 3.63) is 36.6 Å². The number of imidazole rings is 1. The average Bonchev–Trinajstić information content (AvgIpc) is 3.02. The van der Waals surface area contributed by atoms with Gasteiger partial charge in [0, 0.05) is 45.6 Å². The molecule has 6 heteroatoms. The molecule has 1 N–H and O–H groups in total. The van der Waals surface area contributed by atoms with Crippen LogP contribution < -0.4 is 5.32 Å². The van der Waals surface area contributed by atoms with Crippen molar-refractivity contribution in [3.8, 4) is 0 Å². The zero-order valence-electron chi connectivity index (χ0n) is 10.4. The van der Waals surface area contributed by atoms with Crippen molar-refractivity contribution in [1.29, 1.82) is 0 Å². The molecule has 96 valence electrons. The first-order valence-corrected chi connectivity index (χ1v) is 6.13. The van der Waals surface area contributed by atoms with Crippen molar-refractivity contribution in [2.24, 2.45) is 7.05 Å². The van der Waals surface area contributed by atoms with Crippen molar-refractivity contribution >= 4 is 0 Å². The Kier molecular flexibility index (Phi) is 3.12. The van der Waals surface area contributed by atoms with E-state index in [4.69, 9.17) is 4.42 Å². The van der Waals surface area contributed by atoms with Gasteiger partial charge in [0.15, 0.2) is 6.39 Å². The monoisotopic (exact) mass is 247 g/mol. The highest BCUT2D eigenvalue weighted by Gasteiger charge is 2.27. The molecular weight excluding hydrogens is 230 g/mol. The molecule has 2 aromatic heterocycles. The molecule has 2 aromatic rings. The van der Waals surface area contributed by atoms with E-state index in [0.717, 1.165) is 37.7 Å². The molecule has 0 radical (unpaired) electrons. The van der Waals surface area contributed by atoms with Gasteiger partial charge < -0.3 is 14.3 Å². The third-order valence-corrected chi connectivity index (χ3v) is 3.36. The number of piperazine rings is 1. The van der Waals surface area contributed by atoms with Gasteiger partial charge in [0.2, 0.25) is 0 Å². The lowest BCUT2D eigenvalue weighted by atomic mass is 10.1. The van der Waals surface area contributed by atoms with Crippen LogP contribution in [0.5, 0.6) is 0 Å². The van der Waals surface area contributed by atoms with Crippen molar-refractivity contribution in [2.75, 3.05) is 19.6 Å². The molecule has 1 atom stereocenters. The number of aryl methyl sites for hydroxylation is 1. The molecule has 0 bridgehead atoms. The highest BCUT2D eigenvalue weighted by Crippen LogP contribution is 2.22. The minimum atomic E-state index is 0.287. The van der Waals surface area contributed by atoms with Gasteiger partial charge in [0.25, 0.3) is 0 Å². The summed E-state index contributed by atoms with van der Waals surface area (Å²) in [4.78, 5) is 11.0. The maximum absolute atomic E-state index is 5.03. The van der Waals surface area contributed by atoms with Crippen LogP contribution in [0.3, 0.4) is 0 Å². The third kappa shape index (κ3) is 2.16. The van der Waals surface area contributed by atoms with Gasteiger partial charge in [-0.25, -0.2) is 9.97 Å². The normalized spacial score (nSPS) is 21.3. The molecule has 6 nitrogen and oxygen atoms in total.